The number of benzene rings is 1. The number of hydrogen-bond acceptors (Lipinski definition) is 4. The Hall–Kier alpha value is -2.06. The molecule has 0 spiro atoms. The number of carbonyl (C=O) groups excluding carboxylic acids is 1. The third-order valence-corrected chi connectivity index (χ3v) is 3.51. The molecule has 1 saturated heterocycles. The van der Waals surface area contributed by atoms with E-state index in [1.54, 1.807) is 19.2 Å². The van der Waals surface area contributed by atoms with Crippen molar-refractivity contribution in [3.8, 4) is 11.8 Å². The molecule has 1 aromatic rings. The van der Waals surface area contributed by atoms with E-state index in [2.05, 4.69) is 6.07 Å². The van der Waals surface area contributed by atoms with Gasteiger partial charge in [0.05, 0.1) is 6.07 Å². The molecular formula is C14H16N2O3. The fourth-order valence-electron chi connectivity index (χ4n) is 2.21. The molecule has 0 radical (unpaired) electrons. The minimum Gasteiger partial charge on any atom is -0.508 e. The largest absolute Gasteiger partial charge is 0.508 e. The molecule has 1 fully saturated rings. The first-order chi connectivity index (χ1) is 9.09. The highest BCUT2D eigenvalue weighted by Crippen LogP contribution is 2.33. The average Bonchev–Trinajstić information content (AvgIpc) is 2.47. The van der Waals surface area contributed by atoms with Crippen molar-refractivity contribution in [2.45, 2.75) is 12.8 Å². The monoisotopic (exact) mass is 260 g/mol. The van der Waals surface area contributed by atoms with Crippen LogP contribution in [0.1, 0.15) is 12.8 Å². The normalized spacial score (nSPS) is 17.5. The van der Waals surface area contributed by atoms with Crippen molar-refractivity contribution >= 4 is 11.6 Å². The topological polar surface area (TPSA) is 73.6 Å². The summed E-state index contributed by atoms with van der Waals surface area (Å²) in [4.78, 5) is 14.0. The van der Waals surface area contributed by atoms with Gasteiger partial charge in [0.1, 0.15) is 11.2 Å². The van der Waals surface area contributed by atoms with Crippen LogP contribution >= 0.6 is 0 Å². The van der Waals surface area contributed by atoms with Crippen LogP contribution in [0.15, 0.2) is 24.3 Å². The molecule has 0 aliphatic carbocycles. The molecule has 1 aliphatic heterocycles. The second-order valence-electron chi connectivity index (χ2n) is 4.69. The zero-order chi connectivity index (χ0) is 13.9. The molecule has 5 heteroatoms. The molecule has 1 heterocycles. The van der Waals surface area contributed by atoms with Gasteiger partial charge in [-0.1, -0.05) is 0 Å². The number of nitrogens with zero attached hydrogens (tertiary/aromatic N) is 2. The van der Waals surface area contributed by atoms with Gasteiger partial charge in [0.15, 0.2) is 0 Å². The minimum atomic E-state index is -0.995. The van der Waals surface area contributed by atoms with E-state index >= 15 is 0 Å². The molecule has 19 heavy (non-hydrogen) atoms. The van der Waals surface area contributed by atoms with Crippen LogP contribution in [0.2, 0.25) is 0 Å². The third kappa shape index (κ3) is 2.54. The van der Waals surface area contributed by atoms with Crippen molar-refractivity contribution < 1.29 is 14.6 Å². The van der Waals surface area contributed by atoms with Crippen molar-refractivity contribution in [3.05, 3.63) is 24.3 Å². The SMILES string of the molecule is CN(C(=O)C1(C#N)CCOCC1)c1ccc(O)cc1. The predicted octanol–water partition coefficient (Wildman–Crippen LogP) is 1.68. The van der Waals surface area contributed by atoms with Gasteiger partial charge >= 0.3 is 0 Å². The molecule has 0 saturated carbocycles. The van der Waals surface area contributed by atoms with Crippen LogP contribution in [-0.2, 0) is 9.53 Å². The van der Waals surface area contributed by atoms with Crippen LogP contribution in [-0.4, -0.2) is 31.3 Å². The number of amides is 1. The average molecular weight is 260 g/mol. The fraction of sp³-hybridized carbons (Fsp3) is 0.429. The third-order valence-electron chi connectivity index (χ3n) is 3.51. The summed E-state index contributed by atoms with van der Waals surface area (Å²) in [6.45, 7) is 0.867. The van der Waals surface area contributed by atoms with Crippen molar-refractivity contribution in [2.75, 3.05) is 25.2 Å². The van der Waals surface area contributed by atoms with Crippen LogP contribution in [0.4, 0.5) is 5.69 Å². The lowest BCUT2D eigenvalue weighted by atomic mass is 9.80. The van der Waals surface area contributed by atoms with E-state index in [9.17, 15) is 15.2 Å². The number of aromatic hydroxyl groups is 1. The van der Waals surface area contributed by atoms with Gasteiger partial charge in [-0.3, -0.25) is 4.79 Å². The van der Waals surface area contributed by atoms with E-state index in [-0.39, 0.29) is 11.7 Å². The minimum absolute atomic E-state index is 0.144. The number of phenols is 1. The first-order valence-corrected chi connectivity index (χ1v) is 6.15. The molecule has 0 atom stereocenters. The van der Waals surface area contributed by atoms with Gasteiger partial charge in [0, 0.05) is 25.9 Å². The Balaban J connectivity index is 2.22. The summed E-state index contributed by atoms with van der Waals surface area (Å²) in [5.74, 6) is -0.0744. The number of ether oxygens (including phenoxy) is 1. The van der Waals surface area contributed by atoms with Gasteiger partial charge in [0.2, 0.25) is 5.91 Å². The summed E-state index contributed by atoms with van der Waals surface area (Å²) in [6.07, 6.45) is 0.843. The summed E-state index contributed by atoms with van der Waals surface area (Å²) >= 11 is 0. The van der Waals surface area contributed by atoms with Gasteiger partial charge < -0.3 is 14.7 Å². The lowest BCUT2D eigenvalue weighted by molar-refractivity contribution is -0.129. The quantitative estimate of drug-likeness (QED) is 0.878. The van der Waals surface area contributed by atoms with Crippen molar-refractivity contribution in [3.63, 3.8) is 0 Å². The molecule has 2 rings (SSSR count). The standard InChI is InChI=1S/C14H16N2O3/c1-16(11-2-4-12(17)5-3-11)13(18)14(10-15)6-8-19-9-7-14/h2-5,17H,6-9H2,1H3. The molecule has 1 amide bonds. The molecular weight excluding hydrogens is 244 g/mol. The first kappa shape index (κ1) is 13.4. The number of nitriles is 1. The second-order valence-corrected chi connectivity index (χ2v) is 4.69. The lowest BCUT2D eigenvalue weighted by Gasteiger charge is -2.33. The maximum atomic E-state index is 12.5. The molecule has 1 aliphatic rings. The van der Waals surface area contributed by atoms with E-state index in [1.807, 2.05) is 0 Å². The van der Waals surface area contributed by atoms with Gasteiger partial charge in [-0.25, -0.2) is 0 Å². The van der Waals surface area contributed by atoms with E-state index in [0.717, 1.165) is 0 Å². The van der Waals surface area contributed by atoms with Gasteiger partial charge in [-0.15, -0.1) is 0 Å². The fourth-order valence-corrected chi connectivity index (χ4v) is 2.21. The Kier molecular flexibility index (Phi) is 3.72. The Morgan fingerprint density at radius 2 is 1.95 bits per heavy atom. The highest BCUT2D eigenvalue weighted by atomic mass is 16.5. The maximum Gasteiger partial charge on any atom is 0.247 e. The number of hydrogen-bond donors (Lipinski definition) is 1. The Labute approximate surface area is 112 Å². The van der Waals surface area contributed by atoms with E-state index < -0.39 is 5.41 Å². The van der Waals surface area contributed by atoms with Crippen LogP contribution in [0.25, 0.3) is 0 Å². The molecule has 0 bridgehead atoms. The van der Waals surface area contributed by atoms with Crippen LogP contribution in [0.3, 0.4) is 0 Å². The van der Waals surface area contributed by atoms with Crippen molar-refractivity contribution in [1.29, 1.82) is 5.26 Å². The number of carbonyl (C=O) groups is 1. The highest BCUT2D eigenvalue weighted by Gasteiger charge is 2.42. The van der Waals surface area contributed by atoms with Crippen molar-refractivity contribution in [2.24, 2.45) is 5.41 Å². The van der Waals surface area contributed by atoms with Crippen LogP contribution < -0.4 is 4.90 Å². The molecule has 1 N–H and O–H groups in total. The highest BCUT2D eigenvalue weighted by molar-refractivity contribution is 5.99. The Bertz CT molecular complexity index is 498. The van der Waals surface area contributed by atoms with E-state index in [0.29, 0.717) is 31.7 Å². The van der Waals surface area contributed by atoms with E-state index in [4.69, 9.17) is 4.74 Å². The second kappa shape index (κ2) is 5.29. The van der Waals surface area contributed by atoms with Gasteiger partial charge in [0.25, 0.3) is 0 Å². The lowest BCUT2D eigenvalue weighted by Crippen LogP contribution is -2.44. The van der Waals surface area contributed by atoms with Crippen LogP contribution in [0.5, 0.6) is 5.75 Å². The number of anilines is 1. The number of phenolic OH excluding ortho intramolecular Hbond substituents is 1. The maximum absolute atomic E-state index is 12.5. The number of rotatable bonds is 2. The predicted molar refractivity (Wildman–Crippen MR) is 69.6 cm³/mol. The first-order valence-electron chi connectivity index (χ1n) is 6.15. The van der Waals surface area contributed by atoms with Crippen molar-refractivity contribution in [1.82, 2.24) is 0 Å². The van der Waals surface area contributed by atoms with Crippen LogP contribution in [0, 0.1) is 16.7 Å². The molecule has 100 valence electrons. The summed E-state index contributed by atoms with van der Waals surface area (Å²) in [5.41, 5.74) is -0.339. The van der Waals surface area contributed by atoms with E-state index in [1.165, 1.54) is 17.0 Å². The summed E-state index contributed by atoms with van der Waals surface area (Å²) in [6, 6.07) is 8.49. The zero-order valence-corrected chi connectivity index (χ0v) is 10.8. The molecule has 0 unspecified atom stereocenters. The molecule has 5 nitrogen and oxygen atoms in total. The summed E-state index contributed by atoms with van der Waals surface area (Å²) < 4.78 is 5.22. The molecule has 0 aromatic heterocycles. The van der Waals surface area contributed by atoms with Gasteiger partial charge in [-0.2, -0.15) is 5.26 Å². The Morgan fingerprint density at radius 1 is 1.37 bits per heavy atom. The Morgan fingerprint density at radius 3 is 2.47 bits per heavy atom. The summed E-state index contributed by atoms with van der Waals surface area (Å²) in [7, 11) is 1.64. The summed E-state index contributed by atoms with van der Waals surface area (Å²) in [5, 5.41) is 18.6. The molecule has 1 aromatic carbocycles. The van der Waals surface area contributed by atoms with Gasteiger partial charge in [-0.05, 0) is 37.1 Å². The zero-order valence-electron chi connectivity index (χ0n) is 10.8. The smallest absolute Gasteiger partial charge is 0.247 e.